The van der Waals surface area contributed by atoms with Crippen molar-refractivity contribution in [3.63, 3.8) is 0 Å². The van der Waals surface area contributed by atoms with E-state index in [9.17, 15) is 30.3 Å². The molecule has 2 fully saturated rings. The number of rotatable bonds is 10. The number of methoxy groups -OCH3 is 3. The predicted octanol–water partition coefficient (Wildman–Crippen LogP) is 4.20. The van der Waals surface area contributed by atoms with E-state index in [2.05, 4.69) is 0 Å². The smallest absolute Gasteiger partial charge is 0.373 e. The van der Waals surface area contributed by atoms with E-state index in [0.29, 0.717) is 12.0 Å². The van der Waals surface area contributed by atoms with E-state index in [1.54, 1.807) is 32.9 Å². The highest BCUT2D eigenvalue weighted by atomic mass is 16.7. The zero-order chi connectivity index (χ0) is 41.5. The molecule has 0 aromatic carbocycles. The van der Waals surface area contributed by atoms with Gasteiger partial charge in [-0.2, -0.15) is 0 Å². The summed E-state index contributed by atoms with van der Waals surface area (Å²) in [6, 6.07) is 0. The Balaban J connectivity index is 2.00. The van der Waals surface area contributed by atoms with Crippen LogP contribution in [0.2, 0.25) is 0 Å². The Hall–Kier alpha value is -2.17. The van der Waals surface area contributed by atoms with Crippen molar-refractivity contribution < 1.29 is 63.5 Å². The van der Waals surface area contributed by atoms with Crippen LogP contribution in [-0.2, 0) is 38.0 Å². The number of allylic oxidation sites excluding steroid dienone is 5. The number of esters is 1. The van der Waals surface area contributed by atoms with E-state index in [1.165, 1.54) is 21.3 Å². The van der Waals surface area contributed by atoms with E-state index in [-0.39, 0.29) is 35.9 Å². The Morgan fingerprint density at radius 2 is 1.58 bits per heavy atom. The molecule has 0 aromatic heterocycles. The van der Waals surface area contributed by atoms with E-state index < -0.39 is 90.9 Å². The average molecular weight is 783 g/mol. The van der Waals surface area contributed by atoms with Gasteiger partial charge in [0.25, 0.3) is 0 Å². The lowest BCUT2D eigenvalue weighted by molar-refractivity contribution is -0.362. The number of aliphatic hydroxyl groups is 5. The van der Waals surface area contributed by atoms with Crippen molar-refractivity contribution in [3.8, 4) is 0 Å². The number of cyclic esters (lactones) is 1. The van der Waals surface area contributed by atoms with Gasteiger partial charge in [-0.1, -0.05) is 83.9 Å². The zero-order valence-electron chi connectivity index (χ0n) is 35.1. The molecule has 17 atom stereocenters. The standard InChI is InChI=1S/C42H70O13/c1-21(2)37-26(7)32(53-41-39(51-13)36(46)35(45)29(10)52-41)20-42(48,55-37)28(9)34(44)27(8)38-30(49-11)16-14-15-22(3)17-24(5)33(43)25(6)18-23(4)19-31(50-12)40(47)54-38/h14-16,18-19,21,24-30,32-39,41,43-46,48H,17,20H2,1-13H3/b16-14+,22-15+,23-18+,31-19+/t24-,25+,26-,27-,28-,29-,30-,32+,33-,34+,35-,36+,37?,38+,39+,41-,42+/m0/s1. The summed E-state index contributed by atoms with van der Waals surface area (Å²) in [5, 5.41) is 56.6. The van der Waals surface area contributed by atoms with Gasteiger partial charge in [0.1, 0.15) is 30.5 Å². The summed E-state index contributed by atoms with van der Waals surface area (Å²) in [6.07, 6.45) is -0.670. The van der Waals surface area contributed by atoms with Gasteiger partial charge in [-0.3, -0.25) is 0 Å². The Morgan fingerprint density at radius 3 is 2.16 bits per heavy atom. The summed E-state index contributed by atoms with van der Waals surface area (Å²) in [7, 11) is 4.25. The van der Waals surface area contributed by atoms with Crippen molar-refractivity contribution in [1.29, 1.82) is 0 Å². The lowest BCUT2D eigenvalue weighted by atomic mass is 9.76. The zero-order valence-corrected chi connectivity index (χ0v) is 35.1. The van der Waals surface area contributed by atoms with Crippen LogP contribution in [0.15, 0.2) is 47.3 Å². The summed E-state index contributed by atoms with van der Waals surface area (Å²) in [5.74, 6) is -5.08. The van der Waals surface area contributed by atoms with Crippen LogP contribution in [0.3, 0.4) is 0 Å². The van der Waals surface area contributed by atoms with Gasteiger partial charge in [-0.05, 0) is 45.1 Å². The first-order valence-electron chi connectivity index (χ1n) is 19.7. The summed E-state index contributed by atoms with van der Waals surface area (Å²) < 4.78 is 41.8. The van der Waals surface area contributed by atoms with Gasteiger partial charge in [0, 0.05) is 44.3 Å². The van der Waals surface area contributed by atoms with Crippen LogP contribution in [0.1, 0.15) is 82.1 Å². The first kappa shape index (κ1) is 47.2. The number of carbonyl (C=O) groups is 1. The maximum absolute atomic E-state index is 13.8. The minimum absolute atomic E-state index is 0.0363. The van der Waals surface area contributed by atoms with Crippen molar-refractivity contribution in [2.45, 2.75) is 155 Å². The van der Waals surface area contributed by atoms with Crippen molar-refractivity contribution in [2.24, 2.45) is 35.5 Å². The van der Waals surface area contributed by atoms with E-state index in [4.69, 9.17) is 33.2 Å². The maximum Gasteiger partial charge on any atom is 0.373 e. The van der Waals surface area contributed by atoms with Gasteiger partial charge in [0.15, 0.2) is 12.1 Å². The normalized spacial score (nSPS) is 43.8. The van der Waals surface area contributed by atoms with Crippen molar-refractivity contribution in [1.82, 2.24) is 0 Å². The molecule has 3 rings (SSSR count). The molecular weight excluding hydrogens is 712 g/mol. The molecule has 316 valence electrons. The van der Waals surface area contributed by atoms with E-state index in [0.717, 1.165) is 5.57 Å². The molecule has 0 saturated carbocycles. The van der Waals surface area contributed by atoms with Gasteiger partial charge in [0.05, 0.1) is 37.6 Å². The maximum atomic E-state index is 13.8. The Labute approximate surface area is 328 Å². The van der Waals surface area contributed by atoms with Gasteiger partial charge >= 0.3 is 5.97 Å². The van der Waals surface area contributed by atoms with Crippen LogP contribution in [0.4, 0.5) is 0 Å². The quantitative estimate of drug-likeness (QED) is 0.199. The molecule has 0 bridgehead atoms. The number of ether oxygens (including phenoxy) is 7. The van der Waals surface area contributed by atoms with Crippen LogP contribution in [0.5, 0.6) is 0 Å². The molecule has 2 saturated heterocycles. The third kappa shape index (κ3) is 11.5. The Morgan fingerprint density at radius 1 is 0.927 bits per heavy atom. The second-order valence-corrected chi connectivity index (χ2v) is 16.6. The van der Waals surface area contributed by atoms with E-state index >= 15 is 0 Å². The first-order valence-corrected chi connectivity index (χ1v) is 19.7. The molecule has 0 amide bonds. The second-order valence-electron chi connectivity index (χ2n) is 16.6. The van der Waals surface area contributed by atoms with Crippen molar-refractivity contribution in [3.05, 3.63) is 47.3 Å². The third-order valence-electron chi connectivity index (χ3n) is 11.8. The van der Waals surface area contributed by atoms with Gasteiger partial charge in [0.2, 0.25) is 5.76 Å². The summed E-state index contributed by atoms with van der Waals surface area (Å²) >= 11 is 0. The minimum atomic E-state index is -1.92. The Bertz CT molecular complexity index is 1360. The minimum Gasteiger partial charge on any atom is -0.490 e. The highest BCUT2D eigenvalue weighted by molar-refractivity contribution is 5.87. The van der Waals surface area contributed by atoms with E-state index in [1.807, 2.05) is 66.7 Å². The molecule has 13 nitrogen and oxygen atoms in total. The molecule has 3 aliphatic rings. The highest BCUT2D eigenvalue weighted by Gasteiger charge is 2.54. The first-order chi connectivity index (χ1) is 25.7. The summed E-state index contributed by atoms with van der Waals surface area (Å²) in [5.41, 5.74) is 1.73. The van der Waals surface area contributed by atoms with Gasteiger partial charge in [-0.25, -0.2) is 4.79 Å². The molecule has 3 aliphatic heterocycles. The fourth-order valence-electron chi connectivity index (χ4n) is 8.23. The average Bonchev–Trinajstić information content (AvgIpc) is 3.13. The molecule has 1 unspecified atom stereocenters. The van der Waals surface area contributed by atoms with Crippen molar-refractivity contribution in [2.75, 3.05) is 21.3 Å². The predicted molar refractivity (Wildman–Crippen MR) is 206 cm³/mol. The fourth-order valence-corrected chi connectivity index (χ4v) is 8.23. The molecular formula is C42H70O13. The van der Waals surface area contributed by atoms with Crippen LogP contribution in [-0.4, -0.2) is 126 Å². The summed E-state index contributed by atoms with van der Waals surface area (Å²) in [6.45, 7) is 18.6. The lowest BCUT2D eigenvalue weighted by Crippen LogP contribution is -2.62. The highest BCUT2D eigenvalue weighted by Crippen LogP contribution is 2.43. The van der Waals surface area contributed by atoms with Crippen LogP contribution in [0, 0.1) is 35.5 Å². The molecule has 13 heteroatoms. The van der Waals surface area contributed by atoms with Crippen LogP contribution >= 0.6 is 0 Å². The molecule has 55 heavy (non-hydrogen) atoms. The molecule has 0 radical (unpaired) electrons. The topological polar surface area (TPSA) is 183 Å². The SMILES string of the molecule is CO/C1=C/C(C)=C/[C@@H](C)[C@@H](O)[C@@H](C)C/C(C)=C/C=C/[C@H](OC)[C@@H]([C@@H](C)[C@@H](O)[C@H](C)[C@@]2(O)C[C@@H](O[C@@H]3O[C@@H](C)[C@H](O)[C@@H](O)[C@H]3OC)[C@H](C)C(C(C)C)O2)OC1=O. The monoisotopic (exact) mass is 782 g/mol. The van der Waals surface area contributed by atoms with Gasteiger partial charge in [-0.15, -0.1) is 0 Å². The van der Waals surface area contributed by atoms with Crippen LogP contribution < -0.4 is 0 Å². The fraction of sp³-hybridized carbons (Fsp3) is 0.786. The number of hydrogen-bond donors (Lipinski definition) is 5. The summed E-state index contributed by atoms with van der Waals surface area (Å²) in [4.78, 5) is 13.8. The second kappa shape index (κ2) is 20.5. The van der Waals surface area contributed by atoms with Crippen molar-refractivity contribution >= 4 is 5.97 Å². The number of carbonyl (C=O) groups excluding carboxylic acids is 1. The largest absolute Gasteiger partial charge is 0.490 e. The lowest BCUT2D eigenvalue weighted by Gasteiger charge is -2.51. The van der Waals surface area contributed by atoms with Gasteiger partial charge < -0.3 is 58.7 Å². The number of aliphatic hydroxyl groups excluding tert-OH is 4. The molecule has 0 aliphatic carbocycles. The molecule has 5 N–H and O–H groups in total. The molecule has 0 aromatic rings. The Kier molecular flexibility index (Phi) is 17.6. The van der Waals surface area contributed by atoms with Crippen LogP contribution in [0.25, 0.3) is 0 Å². The third-order valence-corrected chi connectivity index (χ3v) is 11.8. The number of hydrogen-bond acceptors (Lipinski definition) is 13. The molecule has 0 spiro atoms. The molecule has 3 heterocycles.